The summed E-state index contributed by atoms with van der Waals surface area (Å²) in [5.74, 6) is -0.425. The molecule has 0 unspecified atom stereocenters. The van der Waals surface area contributed by atoms with Gasteiger partial charge in [0.15, 0.2) is 0 Å². The highest BCUT2D eigenvalue weighted by molar-refractivity contribution is 7.89. The number of carbonyl (C=O) groups excluding carboxylic acids is 2. The topological polar surface area (TPSA) is 98.8 Å². The number of hydrogen-bond acceptors (Lipinski definition) is 5. The van der Waals surface area contributed by atoms with Crippen LogP contribution in [0.4, 0.5) is 5.69 Å². The average Bonchev–Trinajstić information content (AvgIpc) is 3.35. The summed E-state index contributed by atoms with van der Waals surface area (Å²) in [6, 6.07) is 5.42. The summed E-state index contributed by atoms with van der Waals surface area (Å²) in [6.07, 6.45) is 7.29. The Kier molecular flexibility index (Phi) is 9.91. The van der Waals surface area contributed by atoms with Crippen molar-refractivity contribution in [1.82, 2.24) is 14.9 Å². The normalized spacial score (nSPS) is 18.7. The first-order valence-corrected chi connectivity index (χ1v) is 14.3. The van der Waals surface area contributed by atoms with E-state index in [1.54, 1.807) is 6.07 Å². The standard InChI is InChI=1S/C25H40N4O4S/c1-20(2)25(31)29-16-7-5-3-4-6-12-26-19-22-18-21(10-11-23(22)29)24(30)27-13-17-34(32,33)28-14-8-9-15-28/h10-11,18,20,26H,3-9,12-17,19H2,1-2H3,(H,27,30). The predicted octanol–water partition coefficient (Wildman–Crippen LogP) is 2.88. The van der Waals surface area contributed by atoms with Crippen molar-refractivity contribution in [1.29, 1.82) is 0 Å². The molecule has 190 valence electrons. The van der Waals surface area contributed by atoms with Gasteiger partial charge in [-0.15, -0.1) is 0 Å². The number of hydrogen-bond donors (Lipinski definition) is 2. The monoisotopic (exact) mass is 492 g/mol. The minimum absolute atomic E-state index is 0.0744. The Morgan fingerprint density at radius 1 is 1.00 bits per heavy atom. The number of amides is 2. The van der Waals surface area contributed by atoms with Crippen molar-refractivity contribution < 1.29 is 18.0 Å². The van der Waals surface area contributed by atoms with Gasteiger partial charge in [0.25, 0.3) is 5.91 Å². The Balaban J connectivity index is 1.74. The molecule has 1 fully saturated rings. The quantitative estimate of drug-likeness (QED) is 0.636. The molecule has 8 nitrogen and oxygen atoms in total. The number of rotatable bonds is 6. The Bertz CT molecular complexity index is 942. The maximum absolute atomic E-state index is 13.0. The predicted molar refractivity (Wildman–Crippen MR) is 135 cm³/mol. The molecule has 34 heavy (non-hydrogen) atoms. The minimum Gasteiger partial charge on any atom is -0.351 e. The number of sulfonamides is 1. The zero-order valence-electron chi connectivity index (χ0n) is 20.6. The maximum Gasteiger partial charge on any atom is 0.251 e. The minimum atomic E-state index is -3.34. The van der Waals surface area contributed by atoms with Gasteiger partial charge >= 0.3 is 0 Å². The Labute approximate surface area is 204 Å². The van der Waals surface area contributed by atoms with Gasteiger partial charge in [-0.05, 0) is 56.0 Å². The molecule has 0 radical (unpaired) electrons. The number of nitrogens with zero attached hydrogens (tertiary/aromatic N) is 2. The summed E-state index contributed by atoms with van der Waals surface area (Å²) >= 11 is 0. The van der Waals surface area contributed by atoms with Gasteiger partial charge < -0.3 is 15.5 Å². The van der Waals surface area contributed by atoms with E-state index in [2.05, 4.69) is 10.6 Å². The molecule has 2 heterocycles. The van der Waals surface area contributed by atoms with Crippen molar-refractivity contribution in [3.05, 3.63) is 29.3 Å². The van der Waals surface area contributed by atoms with Crippen LogP contribution in [0, 0.1) is 5.92 Å². The largest absolute Gasteiger partial charge is 0.351 e. The van der Waals surface area contributed by atoms with E-state index in [0.717, 1.165) is 49.9 Å². The fourth-order valence-electron chi connectivity index (χ4n) is 4.56. The van der Waals surface area contributed by atoms with Crippen molar-refractivity contribution in [3.63, 3.8) is 0 Å². The van der Waals surface area contributed by atoms with Gasteiger partial charge in [0, 0.05) is 49.9 Å². The molecule has 2 aliphatic rings. The van der Waals surface area contributed by atoms with Gasteiger partial charge in [-0.1, -0.05) is 33.1 Å². The molecule has 0 aromatic heterocycles. The molecule has 0 bridgehead atoms. The maximum atomic E-state index is 13.0. The Morgan fingerprint density at radius 2 is 1.68 bits per heavy atom. The van der Waals surface area contributed by atoms with Gasteiger partial charge in [-0.25, -0.2) is 12.7 Å². The van der Waals surface area contributed by atoms with Crippen LogP contribution in [0.1, 0.15) is 74.7 Å². The first kappa shape index (κ1) is 26.6. The second-order valence-electron chi connectivity index (χ2n) is 9.61. The van der Waals surface area contributed by atoms with E-state index >= 15 is 0 Å². The van der Waals surface area contributed by atoms with Crippen LogP contribution in [0.15, 0.2) is 18.2 Å². The third-order valence-electron chi connectivity index (χ3n) is 6.55. The van der Waals surface area contributed by atoms with Crippen LogP contribution in [0.2, 0.25) is 0 Å². The first-order valence-electron chi connectivity index (χ1n) is 12.7. The molecule has 2 N–H and O–H groups in total. The Morgan fingerprint density at radius 3 is 2.41 bits per heavy atom. The number of anilines is 1. The first-order chi connectivity index (χ1) is 16.3. The van der Waals surface area contributed by atoms with Crippen LogP contribution in [-0.2, 0) is 21.4 Å². The molecular weight excluding hydrogens is 452 g/mol. The van der Waals surface area contributed by atoms with E-state index in [1.165, 1.54) is 17.1 Å². The molecule has 9 heteroatoms. The van der Waals surface area contributed by atoms with Crippen molar-refractivity contribution in [2.24, 2.45) is 5.92 Å². The lowest BCUT2D eigenvalue weighted by Crippen LogP contribution is -2.37. The van der Waals surface area contributed by atoms with Gasteiger partial charge in [-0.3, -0.25) is 9.59 Å². The van der Waals surface area contributed by atoms with Gasteiger partial charge in [0.1, 0.15) is 0 Å². The van der Waals surface area contributed by atoms with Crippen molar-refractivity contribution >= 4 is 27.5 Å². The number of nitrogens with one attached hydrogen (secondary N) is 2. The van der Waals surface area contributed by atoms with Crippen LogP contribution in [0.25, 0.3) is 0 Å². The van der Waals surface area contributed by atoms with Gasteiger partial charge in [0.05, 0.1) is 5.75 Å². The molecule has 1 aromatic carbocycles. The second-order valence-corrected chi connectivity index (χ2v) is 11.7. The van der Waals surface area contributed by atoms with Crippen LogP contribution in [-0.4, -0.2) is 63.0 Å². The lowest BCUT2D eigenvalue weighted by molar-refractivity contribution is -0.121. The van der Waals surface area contributed by atoms with E-state index in [1.807, 2.05) is 30.9 Å². The molecule has 2 aliphatic heterocycles. The molecule has 0 spiro atoms. The number of benzene rings is 1. The van der Waals surface area contributed by atoms with E-state index in [9.17, 15) is 18.0 Å². The van der Waals surface area contributed by atoms with E-state index < -0.39 is 10.0 Å². The van der Waals surface area contributed by atoms with Crippen LogP contribution < -0.4 is 15.5 Å². The molecule has 1 saturated heterocycles. The summed E-state index contributed by atoms with van der Waals surface area (Å²) in [7, 11) is -3.34. The van der Waals surface area contributed by atoms with E-state index in [0.29, 0.717) is 31.7 Å². The third-order valence-corrected chi connectivity index (χ3v) is 8.42. The van der Waals surface area contributed by atoms with Crippen LogP contribution in [0.3, 0.4) is 0 Å². The fraction of sp³-hybridized carbons (Fsp3) is 0.680. The highest BCUT2D eigenvalue weighted by atomic mass is 32.2. The van der Waals surface area contributed by atoms with Crippen molar-refractivity contribution in [3.8, 4) is 0 Å². The summed E-state index contributed by atoms with van der Waals surface area (Å²) < 4.78 is 26.3. The highest BCUT2D eigenvalue weighted by Crippen LogP contribution is 2.25. The average molecular weight is 493 g/mol. The van der Waals surface area contributed by atoms with Crippen LogP contribution in [0.5, 0.6) is 0 Å². The Hall–Kier alpha value is -1.97. The zero-order chi connectivity index (χ0) is 24.6. The molecule has 0 saturated carbocycles. The zero-order valence-corrected chi connectivity index (χ0v) is 21.5. The number of fused-ring (bicyclic) bond motifs is 1. The summed E-state index contributed by atoms with van der Waals surface area (Å²) in [5.41, 5.74) is 2.23. The highest BCUT2D eigenvalue weighted by Gasteiger charge is 2.25. The molecular formula is C25H40N4O4S. The van der Waals surface area contributed by atoms with Gasteiger partial charge in [-0.2, -0.15) is 0 Å². The van der Waals surface area contributed by atoms with Crippen molar-refractivity contribution in [2.45, 2.75) is 65.3 Å². The van der Waals surface area contributed by atoms with E-state index in [-0.39, 0.29) is 30.0 Å². The van der Waals surface area contributed by atoms with Crippen LogP contribution >= 0.6 is 0 Å². The molecule has 2 amide bonds. The molecule has 0 aliphatic carbocycles. The molecule has 0 atom stereocenters. The molecule has 3 rings (SSSR count). The summed E-state index contributed by atoms with van der Waals surface area (Å²) in [5, 5.41) is 6.21. The lowest BCUT2D eigenvalue weighted by Gasteiger charge is -2.28. The number of carbonyl (C=O) groups is 2. The van der Waals surface area contributed by atoms with Gasteiger partial charge in [0.2, 0.25) is 15.9 Å². The third kappa shape index (κ3) is 7.26. The summed E-state index contributed by atoms with van der Waals surface area (Å²) in [6.45, 7) is 7.17. The molecule has 1 aromatic rings. The van der Waals surface area contributed by atoms with Crippen molar-refractivity contribution in [2.75, 3.05) is 43.4 Å². The fourth-order valence-corrected chi connectivity index (χ4v) is 5.99. The summed E-state index contributed by atoms with van der Waals surface area (Å²) in [4.78, 5) is 27.7. The SMILES string of the molecule is CC(C)C(=O)N1CCCCCCCNCc2cc(C(=O)NCCS(=O)(=O)N3CCCC3)ccc21. The lowest BCUT2D eigenvalue weighted by atomic mass is 10.0. The smallest absolute Gasteiger partial charge is 0.251 e. The van der Waals surface area contributed by atoms with E-state index in [4.69, 9.17) is 0 Å². The second kappa shape index (κ2) is 12.7.